The predicted octanol–water partition coefficient (Wildman–Crippen LogP) is 2.13. The summed E-state index contributed by atoms with van der Waals surface area (Å²) >= 11 is 0. The van der Waals surface area contributed by atoms with Crippen LogP contribution < -0.4 is 10.9 Å². The Bertz CT molecular complexity index is 901. The molecule has 6 nitrogen and oxygen atoms in total. The van der Waals surface area contributed by atoms with Crippen molar-refractivity contribution < 1.29 is 9.90 Å². The van der Waals surface area contributed by atoms with Gasteiger partial charge in [0.15, 0.2) is 0 Å². The molecule has 0 spiro atoms. The van der Waals surface area contributed by atoms with E-state index in [1.54, 1.807) is 30.3 Å². The van der Waals surface area contributed by atoms with E-state index in [1.165, 1.54) is 23.0 Å². The fourth-order valence-corrected chi connectivity index (χ4v) is 2.26. The number of nitrogens with zero attached hydrogens (tertiary/aromatic N) is 2. The molecule has 23 heavy (non-hydrogen) atoms. The van der Waals surface area contributed by atoms with E-state index in [2.05, 4.69) is 10.3 Å². The molecule has 0 saturated carbocycles. The number of carbonyl (C=O) groups is 1. The molecule has 0 aliphatic carbocycles. The molecule has 0 bridgehead atoms. The monoisotopic (exact) mass is 309 g/mol. The number of benzene rings is 2. The average Bonchev–Trinajstić information content (AvgIpc) is 2.57. The first kappa shape index (κ1) is 14.8. The van der Waals surface area contributed by atoms with Crippen LogP contribution in [0.3, 0.4) is 0 Å². The minimum absolute atomic E-state index is 0.136. The normalized spacial score (nSPS) is 10.6. The third-order valence-electron chi connectivity index (χ3n) is 3.46. The highest BCUT2D eigenvalue weighted by Crippen LogP contribution is 2.13. The van der Waals surface area contributed by atoms with Crippen molar-refractivity contribution in [3.8, 4) is 5.75 Å². The largest absolute Gasteiger partial charge is 0.508 e. The fraction of sp³-hybridized carbons (Fsp3) is 0.118. The number of carbonyl (C=O) groups excluding carboxylic acids is 1. The number of nitrogens with one attached hydrogen (secondary N) is 1. The molecule has 0 atom stereocenters. The Hall–Kier alpha value is -3.15. The zero-order chi connectivity index (χ0) is 16.2. The number of aryl methyl sites for hydroxylation is 1. The quantitative estimate of drug-likeness (QED) is 0.723. The zero-order valence-corrected chi connectivity index (χ0v) is 12.3. The maximum Gasteiger partial charge on any atom is 0.261 e. The van der Waals surface area contributed by atoms with E-state index >= 15 is 0 Å². The van der Waals surface area contributed by atoms with Crippen molar-refractivity contribution in [2.75, 3.05) is 5.32 Å². The molecule has 6 heteroatoms. The van der Waals surface area contributed by atoms with Crippen molar-refractivity contribution in [1.82, 2.24) is 9.55 Å². The van der Waals surface area contributed by atoms with Gasteiger partial charge in [-0.15, -0.1) is 0 Å². The van der Waals surface area contributed by atoms with Crippen LogP contribution in [-0.2, 0) is 11.3 Å². The molecule has 3 aromatic rings. The second kappa shape index (κ2) is 6.31. The molecule has 0 fully saturated rings. The number of aromatic nitrogens is 2. The van der Waals surface area contributed by atoms with Crippen LogP contribution in [0.5, 0.6) is 5.75 Å². The van der Waals surface area contributed by atoms with Gasteiger partial charge >= 0.3 is 0 Å². The van der Waals surface area contributed by atoms with Crippen molar-refractivity contribution >= 4 is 22.5 Å². The van der Waals surface area contributed by atoms with Gasteiger partial charge in [-0.3, -0.25) is 14.2 Å². The van der Waals surface area contributed by atoms with Gasteiger partial charge in [0.05, 0.1) is 17.2 Å². The van der Waals surface area contributed by atoms with Crippen LogP contribution in [0.4, 0.5) is 5.69 Å². The minimum Gasteiger partial charge on any atom is -0.508 e. The van der Waals surface area contributed by atoms with Crippen LogP contribution in [0.2, 0.25) is 0 Å². The van der Waals surface area contributed by atoms with Gasteiger partial charge in [-0.2, -0.15) is 0 Å². The topological polar surface area (TPSA) is 84.2 Å². The van der Waals surface area contributed by atoms with E-state index in [0.29, 0.717) is 16.6 Å². The summed E-state index contributed by atoms with van der Waals surface area (Å²) in [5.41, 5.74) is 1.08. The molecule has 0 unspecified atom stereocenters. The molecule has 116 valence electrons. The number of anilines is 1. The van der Waals surface area contributed by atoms with Crippen molar-refractivity contribution in [3.63, 3.8) is 0 Å². The summed E-state index contributed by atoms with van der Waals surface area (Å²) in [7, 11) is 0. The van der Waals surface area contributed by atoms with E-state index in [4.69, 9.17) is 0 Å². The van der Waals surface area contributed by atoms with E-state index in [9.17, 15) is 14.7 Å². The highest BCUT2D eigenvalue weighted by atomic mass is 16.3. The third-order valence-corrected chi connectivity index (χ3v) is 3.46. The first-order chi connectivity index (χ1) is 11.1. The van der Waals surface area contributed by atoms with Crippen molar-refractivity contribution in [2.45, 2.75) is 13.0 Å². The van der Waals surface area contributed by atoms with Crippen LogP contribution in [0.15, 0.2) is 59.7 Å². The molecular formula is C17H15N3O3. The molecule has 0 aliphatic heterocycles. The molecule has 1 heterocycles. The third kappa shape index (κ3) is 3.37. The Labute approximate surface area is 132 Å². The lowest BCUT2D eigenvalue weighted by molar-refractivity contribution is -0.116. The second-order valence-electron chi connectivity index (χ2n) is 5.11. The van der Waals surface area contributed by atoms with E-state index in [0.717, 1.165) is 0 Å². The van der Waals surface area contributed by atoms with Gasteiger partial charge in [0, 0.05) is 18.7 Å². The highest BCUT2D eigenvalue weighted by Gasteiger charge is 2.06. The number of para-hydroxylation sites is 1. The number of hydrogen-bond acceptors (Lipinski definition) is 4. The number of hydrogen-bond donors (Lipinski definition) is 2. The summed E-state index contributed by atoms with van der Waals surface area (Å²) in [6, 6.07) is 13.3. The number of amides is 1. The number of fused-ring (bicyclic) bond motifs is 1. The summed E-state index contributed by atoms with van der Waals surface area (Å²) in [5, 5.41) is 12.4. The SMILES string of the molecule is O=C(CCn1cnc2ccccc2c1=O)Nc1ccc(O)cc1. The van der Waals surface area contributed by atoms with Crippen LogP contribution >= 0.6 is 0 Å². The summed E-state index contributed by atoms with van der Waals surface area (Å²) in [6.45, 7) is 0.251. The lowest BCUT2D eigenvalue weighted by Crippen LogP contribution is -2.23. The molecular weight excluding hydrogens is 294 g/mol. The van der Waals surface area contributed by atoms with E-state index in [1.807, 2.05) is 6.07 Å². The zero-order valence-electron chi connectivity index (χ0n) is 12.3. The summed E-state index contributed by atoms with van der Waals surface area (Å²) in [6.07, 6.45) is 1.61. The summed E-state index contributed by atoms with van der Waals surface area (Å²) in [5.74, 6) is -0.0764. The number of rotatable bonds is 4. The Kier molecular flexibility index (Phi) is 4.05. The Morgan fingerprint density at radius 1 is 1.13 bits per heavy atom. The molecule has 0 aliphatic rings. The van der Waals surface area contributed by atoms with Gasteiger partial charge in [-0.1, -0.05) is 12.1 Å². The van der Waals surface area contributed by atoms with Gasteiger partial charge in [-0.05, 0) is 36.4 Å². The smallest absolute Gasteiger partial charge is 0.261 e. The maximum atomic E-state index is 12.3. The molecule has 3 rings (SSSR count). The van der Waals surface area contributed by atoms with Crippen LogP contribution in [-0.4, -0.2) is 20.6 Å². The molecule has 0 saturated heterocycles. The standard InChI is InChI=1S/C17H15N3O3/c21-13-7-5-12(6-8-13)19-16(22)9-10-20-11-18-15-4-2-1-3-14(15)17(20)23/h1-8,11,21H,9-10H2,(H,19,22). The summed E-state index contributed by atoms with van der Waals surface area (Å²) < 4.78 is 1.43. The second-order valence-corrected chi connectivity index (χ2v) is 5.11. The molecule has 2 aromatic carbocycles. The minimum atomic E-state index is -0.212. The number of aromatic hydroxyl groups is 1. The molecule has 0 radical (unpaired) electrons. The first-order valence-corrected chi connectivity index (χ1v) is 7.16. The molecule has 1 amide bonds. The van der Waals surface area contributed by atoms with Crippen molar-refractivity contribution in [3.05, 3.63) is 65.2 Å². The molecule has 1 aromatic heterocycles. The van der Waals surface area contributed by atoms with Gasteiger partial charge in [0.25, 0.3) is 5.56 Å². The highest BCUT2D eigenvalue weighted by molar-refractivity contribution is 5.90. The van der Waals surface area contributed by atoms with Crippen molar-refractivity contribution in [2.24, 2.45) is 0 Å². The summed E-state index contributed by atoms with van der Waals surface area (Å²) in [4.78, 5) is 28.5. The predicted molar refractivity (Wildman–Crippen MR) is 87.4 cm³/mol. The lowest BCUT2D eigenvalue weighted by Gasteiger charge is -2.08. The van der Waals surface area contributed by atoms with Crippen LogP contribution in [0.1, 0.15) is 6.42 Å². The fourth-order valence-electron chi connectivity index (χ4n) is 2.26. The van der Waals surface area contributed by atoms with Gasteiger partial charge in [-0.25, -0.2) is 4.98 Å². The van der Waals surface area contributed by atoms with Crippen LogP contribution in [0.25, 0.3) is 10.9 Å². The van der Waals surface area contributed by atoms with Gasteiger partial charge in [0.2, 0.25) is 5.91 Å². The average molecular weight is 309 g/mol. The Morgan fingerprint density at radius 3 is 2.65 bits per heavy atom. The lowest BCUT2D eigenvalue weighted by atomic mass is 10.2. The van der Waals surface area contributed by atoms with E-state index < -0.39 is 0 Å². The van der Waals surface area contributed by atoms with Crippen LogP contribution in [0, 0.1) is 0 Å². The Balaban J connectivity index is 1.68. The Morgan fingerprint density at radius 2 is 1.87 bits per heavy atom. The van der Waals surface area contributed by atoms with E-state index in [-0.39, 0.29) is 30.2 Å². The van der Waals surface area contributed by atoms with Gasteiger partial charge < -0.3 is 10.4 Å². The number of phenolic OH excluding ortho intramolecular Hbond substituents is 1. The number of phenols is 1. The van der Waals surface area contributed by atoms with Crippen molar-refractivity contribution in [1.29, 1.82) is 0 Å². The molecule has 2 N–H and O–H groups in total. The first-order valence-electron chi connectivity index (χ1n) is 7.16. The maximum absolute atomic E-state index is 12.3. The van der Waals surface area contributed by atoms with Gasteiger partial charge in [0.1, 0.15) is 5.75 Å².